The van der Waals surface area contributed by atoms with Crippen molar-refractivity contribution in [1.82, 2.24) is 5.32 Å². The first-order valence-electron chi connectivity index (χ1n) is 8.23. The average molecular weight is 409 g/mol. The fraction of sp³-hybridized carbons (Fsp3) is 0.250. The van der Waals surface area contributed by atoms with E-state index >= 15 is 0 Å². The van der Waals surface area contributed by atoms with Crippen LogP contribution in [0.15, 0.2) is 48.6 Å². The van der Waals surface area contributed by atoms with Crippen molar-refractivity contribution in [2.75, 3.05) is 5.75 Å². The topological polar surface area (TPSA) is 83.5 Å². The van der Waals surface area contributed by atoms with Gasteiger partial charge in [-0.1, -0.05) is 30.5 Å². The third kappa shape index (κ3) is 6.77. The molecule has 1 unspecified atom stereocenters. The van der Waals surface area contributed by atoms with Crippen LogP contribution in [0.5, 0.6) is 5.75 Å². The molecule has 0 bridgehead atoms. The van der Waals surface area contributed by atoms with Gasteiger partial charge in [0.1, 0.15) is 17.4 Å². The number of amides is 1. The molecule has 1 amide bonds. The predicted octanol–water partition coefficient (Wildman–Crippen LogP) is 4.10. The largest absolute Gasteiger partial charge is 0.507 e. The number of halogens is 2. The van der Waals surface area contributed by atoms with Gasteiger partial charge in [0.25, 0.3) is 0 Å². The van der Waals surface area contributed by atoms with Crippen molar-refractivity contribution in [2.24, 2.45) is 0 Å². The number of hydrogen-bond acceptors (Lipinski definition) is 5. The summed E-state index contributed by atoms with van der Waals surface area (Å²) in [5.74, 6) is -2.80. The van der Waals surface area contributed by atoms with E-state index in [1.165, 1.54) is 39.0 Å². The SMILES string of the molecule is C=C(C(F)=CC(F)=CC)c1ccc(O)c(C(=O)SCC(NC(C)=O)C(C)=O)c1. The van der Waals surface area contributed by atoms with E-state index in [4.69, 9.17) is 0 Å². The number of Topliss-reactive ketones (excluding diaryl/α,β-unsaturated/α-hetero) is 1. The van der Waals surface area contributed by atoms with Gasteiger partial charge in [0.15, 0.2) is 5.78 Å². The molecular formula is C20H21F2NO4S. The smallest absolute Gasteiger partial charge is 0.223 e. The number of benzene rings is 1. The molecule has 1 rings (SSSR count). The van der Waals surface area contributed by atoms with Crippen LogP contribution in [-0.4, -0.2) is 33.7 Å². The number of thioether (sulfide) groups is 1. The minimum atomic E-state index is -0.922. The maximum atomic E-state index is 14.1. The first kappa shape index (κ1) is 23.3. The second-order valence-corrected chi connectivity index (χ2v) is 6.83. The molecule has 0 saturated carbocycles. The Balaban J connectivity index is 3.02. The average Bonchev–Trinajstić information content (AvgIpc) is 2.63. The molecule has 1 atom stereocenters. The molecule has 5 nitrogen and oxygen atoms in total. The van der Waals surface area contributed by atoms with Crippen LogP contribution in [0.3, 0.4) is 0 Å². The van der Waals surface area contributed by atoms with Crippen molar-refractivity contribution in [2.45, 2.75) is 26.8 Å². The zero-order chi connectivity index (χ0) is 21.4. The number of hydrogen-bond donors (Lipinski definition) is 2. The molecule has 2 N–H and O–H groups in total. The van der Waals surface area contributed by atoms with E-state index in [0.29, 0.717) is 6.08 Å². The Labute approximate surface area is 166 Å². The maximum absolute atomic E-state index is 14.1. The summed E-state index contributed by atoms with van der Waals surface area (Å²) in [7, 11) is 0. The second kappa shape index (κ2) is 10.6. The first-order valence-corrected chi connectivity index (χ1v) is 9.21. The van der Waals surface area contributed by atoms with E-state index in [0.717, 1.165) is 17.8 Å². The minimum absolute atomic E-state index is 0.0286. The van der Waals surface area contributed by atoms with E-state index in [1.54, 1.807) is 0 Å². The van der Waals surface area contributed by atoms with Crippen LogP contribution in [0.2, 0.25) is 0 Å². The fourth-order valence-corrected chi connectivity index (χ4v) is 3.01. The quantitative estimate of drug-likeness (QED) is 0.632. The van der Waals surface area contributed by atoms with Gasteiger partial charge in [-0.15, -0.1) is 0 Å². The van der Waals surface area contributed by atoms with Gasteiger partial charge < -0.3 is 10.4 Å². The van der Waals surface area contributed by atoms with Crippen LogP contribution in [-0.2, 0) is 9.59 Å². The number of aromatic hydroxyl groups is 1. The number of carbonyl (C=O) groups excluding carboxylic acids is 3. The van der Waals surface area contributed by atoms with Gasteiger partial charge in [0.2, 0.25) is 11.0 Å². The third-order valence-corrected chi connectivity index (χ3v) is 4.63. The third-order valence-electron chi connectivity index (χ3n) is 3.64. The van der Waals surface area contributed by atoms with Crippen molar-refractivity contribution in [3.05, 3.63) is 59.7 Å². The zero-order valence-electron chi connectivity index (χ0n) is 15.7. The van der Waals surface area contributed by atoms with Crippen LogP contribution in [0.4, 0.5) is 8.78 Å². The highest BCUT2D eigenvalue weighted by atomic mass is 32.2. The molecule has 0 heterocycles. The Morgan fingerprint density at radius 2 is 1.93 bits per heavy atom. The standard InChI is InChI=1S/C20H21F2NO4S/c1-5-15(21)9-17(22)11(2)14-6-7-19(26)16(8-14)20(27)28-10-18(12(3)24)23-13(4)25/h5-9,18,26H,2,10H2,1,3-4H3,(H,23,25). The minimum Gasteiger partial charge on any atom is -0.507 e. The molecule has 1 aromatic carbocycles. The van der Waals surface area contributed by atoms with E-state index in [9.17, 15) is 28.3 Å². The number of carbonyl (C=O) groups is 3. The van der Waals surface area contributed by atoms with Crippen molar-refractivity contribution >= 4 is 34.1 Å². The normalized spacial score (nSPS) is 13.0. The summed E-state index contributed by atoms with van der Waals surface area (Å²) < 4.78 is 27.3. The Morgan fingerprint density at radius 3 is 2.46 bits per heavy atom. The van der Waals surface area contributed by atoms with E-state index in [-0.39, 0.29) is 34.0 Å². The molecule has 1 aromatic rings. The van der Waals surface area contributed by atoms with Crippen LogP contribution in [0, 0.1) is 0 Å². The lowest BCUT2D eigenvalue weighted by molar-refractivity contribution is -0.125. The summed E-state index contributed by atoms with van der Waals surface area (Å²) in [5.41, 5.74) is -0.0895. The molecule has 8 heteroatoms. The number of nitrogens with one attached hydrogen (secondary N) is 1. The molecule has 0 radical (unpaired) electrons. The molecular weight excluding hydrogens is 388 g/mol. The second-order valence-electron chi connectivity index (χ2n) is 5.84. The Bertz CT molecular complexity index is 862. The van der Waals surface area contributed by atoms with Gasteiger partial charge in [0.05, 0.1) is 11.6 Å². The van der Waals surface area contributed by atoms with Gasteiger partial charge in [-0.05, 0) is 31.5 Å². The maximum Gasteiger partial charge on any atom is 0.223 e. The summed E-state index contributed by atoms with van der Waals surface area (Å²) in [5, 5.41) is 11.8. The summed E-state index contributed by atoms with van der Waals surface area (Å²) in [6, 6.07) is 2.92. The Morgan fingerprint density at radius 1 is 1.29 bits per heavy atom. The Kier molecular flexibility index (Phi) is 8.78. The van der Waals surface area contributed by atoms with Gasteiger partial charge in [0, 0.05) is 24.3 Å². The number of phenols is 1. The van der Waals surface area contributed by atoms with Crippen molar-refractivity contribution < 1.29 is 28.3 Å². The molecule has 0 aliphatic rings. The lowest BCUT2D eigenvalue weighted by atomic mass is 10.0. The monoisotopic (exact) mass is 409 g/mol. The summed E-state index contributed by atoms with van der Waals surface area (Å²) in [6.45, 7) is 7.49. The van der Waals surface area contributed by atoms with Crippen LogP contribution >= 0.6 is 11.8 Å². The summed E-state index contributed by atoms with van der Waals surface area (Å²) in [4.78, 5) is 35.1. The van der Waals surface area contributed by atoms with Gasteiger partial charge in [-0.3, -0.25) is 14.4 Å². The number of phenolic OH excluding ortho intramolecular Hbond substituents is 1. The van der Waals surface area contributed by atoms with Gasteiger partial charge >= 0.3 is 0 Å². The van der Waals surface area contributed by atoms with Crippen LogP contribution in [0.1, 0.15) is 36.7 Å². The fourth-order valence-electron chi connectivity index (χ4n) is 2.06. The van der Waals surface area contributed by atoms with E-state index in [2.05, 4.69) is 11.9 Å². The van der Waals surface area contributed by atoms with Crippen LogP contribution in [0.25, 0.3) is 5.57 Å². The van der Waals surface area contributed by atoms with Crippen molar-refractivity contribution in [1.29, 1.82) is 0 Å². The molecule has 0 saturated heterocycles. The molecule has 28 heavy (non-hydrogen) atoms. The predicted molar refractivity (Wildman–Crippen MR) is 106 cm³/mol. The van der Waals surface area contributed by atoms with Crippen molar-refractivity contribution in [3.63, 3.8) is 0 Å². The molecule has 0 aromatic heterocycles. The van der Waals surface area contributed by atoms with Gasteiger partial charge in [-0.25, -0.2) is 8.78 Å². The lowest BCUT2D eigenvalue weighted by Gasteiger charge is -2.14. The highest BCUT2D eigenvalue weighted by molar-refractivity contribution is 8.14. The molecule has 150 valence electrons. The molecule has 0 spiro atoms. The van der Waals surface area contributed by atoms with E-state index in [1.807, 2.05) is 0 Å². The summed E-state index contributed by atoms with van der Waals surface area (Å²) in [6.07, 6.45) is 1.74. The van der Waals surface area contributed by atoms with Crippen molar-refractivity contribution in [3.8, 4) is 5.75 Å². The molecule has 0 fully saturated rings. The highest BCUT2D eigenvalue weighted by Gasteiger charge is 2.20. The lowest BCUT2D eigenvalue weighted by Crippen LogP contribution is -2.40. The highest BCUT2D eigenvalue weighted by Crippen LogP contribution is 2.30. The number of ketones is 1. The van der Waals surface area contributed by atoms with Gasteiger partial charge in [-0.2, -0.15) is 0 Å². The molecule has 0 aliphatic carbocycles. The number of allylic oxidation sites excluding steroid dienone is 5. The zero-order valence-corrected chi connectivity index (χ0v) is 16.5. The first-order chi connectivity index (χ1) is 13.1. The Hall–Kier alpha value is -2.74. The van der Waals surface area contributed by atoms with Crippen LogP contribution < -0.4 is 5.32 Å². The summed E-state index contributed by atoms with van der Waals surface area (Å²) >= 11 is 0.724. The molecule has 0 aliphatic heterocycles. The number of rotatable bonds is 8. The van der Waals surface area contributed by atoms with E-state index < -0.39 is 28.7 Å².